The molecule has 0 saturated heterocycles. The predicted octanol–water partition coefficient (Wildman–Crippen LogP) is 3.62. The molecule has 0 heterocycles. The second kappa shape index (κ2) is 4.56. The lowest BCUT2D eigenvalue weighted by Gasteiger charge is -2.07. The lowest BCUT2D eigenvalue weighted by atomic mass is 10.0. The lowest BCUT2D eigenvalue weighted by molar-refractivity contribution is 0.223. The SMILES string of the molecule is OC1C=C(Cc2c(Cl)cccc2Cl)CC1. The molecule has 1 aliphatic carbocycles. The molecule has 0 fully saturated rings. The van der Waals surface area contributed by atoms with Gasteiger partial charge in [0.05, 0.1) is 6.10 Å². The highest BCUT2D eigenvalue weighted by Crippen LogP contribution is 2.30. The minimum Gasteiger partial charge on any atom is -0.389 e. The van der Waals surface area contributed by atoms with Gasteiger partial charge in [0.1, 0.15) is 0 Å². The molecule has 80 valence electrons. The van der Waals surface area contributed by atoms with Crippen molar-refractivity contribution in [2.24, 2.45) is 0 Å². The van der Waals surface area contributed by atoms with E-state index in [0.29, 0.717) is 10.0 Å². The molecule has 15 heavy (non-hydrogen) atoms. The molecule has 0 radical (unpaired) electrons. The largest absolute Gasteiger partial charge is 0.389 e. The number of rotatable bonds is 2. The molecule has 1 aromatic carbocycles. The van der Waals surface area contributed by atoms with Gasteiger partial charge in [-0.05, 0) is 37.0 Å². The molecule has 1 N–H and O–H groups in total. The first-order valence-electron chi connectivity index (χ1n) is 4.97. The minimum absolute atomic E-state index is 0.290. The average Bonchev–Trinajstić information content (AvgIpc) is 2.58. The van der Waals surface area contributed by atoms with Gasteiger partial charge < -0.3 is 5.11 Å². The Hall–Kier alpha value is -0.500. The lowest BCUT2D eigenvalue weighted by Crippen LogP contribution is -1.93. The molecule has 3 heteroatoms. The maximum absolute atomic E-state index is 9.37. The maximum Gasteiger partial charge on any atom is 0.0726 e. The quantitative estimate of drug-likeness (QED) is 0.786. The summed E-state index contributed by atoms with van der Waals surface area (Å²) in [6.45, 7) is 0. The van der Waals surface area contributed by atoms with Gasteiger partial charge in [-0.1, -0.05) is 40.9 Å². The Labute approximate surface area is 99.3 Å². The van der Waals surface area contributed by atoms with Crippen molar-refractivity contribution in [1.82, 2.24) is 0 Å². The van der Waals surface area contributed by atoms with Crippen LogP contribution in [-0.2, 0) is 6.42 Å². The van der Waals surface area contributed by atoms with E-state index in [2.05, 4.69) is 0 Å². The Kier molecular flexibility index (Phi) is 3.35. The number of allylic oxidation sites excluding steroid dienone is 1. The number of aliphatic hydroxyl groups excluding tert-OH is 1. The summed E-state index contributed by atoms with van der Waals surface area (Å²) in [5, 5.41) is 10.8. The fourth-order valence-corrected chi connectivity index (χ4v) is 2.38. The topological polar surface area (TPSA) is 20.2 Å². The molecule has 0 aliphatic heterocycles. The summed E-state index contributed by atoms with van der Waals surface area (Å²) < 4.78 is 0. The Bertz CT molecular complexity index is 378. The number of hydrogen-bond donors (Lipinski definition) is 1. The van der Waals surface area contributed by atoms with Crippen molar-refractivity contribution in [1.29, 1.82) is 0 Å². The highest BCUT2D eigenvalue weighted by Gasteiger charge is 2.15. The normalized spacial score (nSPS) is 20.5. The van der Waals surface area contributed by atoms with Crippen molar-refractivity contribution in [2.45, 2.75) is 25.4 Å². The van der Waals surface area contributed by atoms with Crippen LogP contribution in [0.5, 0.6) is 0 Å². The summed E-state index contributed by atoms with van der Waals surface area (Å²) in [5.41, 5.74) is 2.18. The molecule has 0 amide bonds. The van der Waals surface area contributed by atoms with Crippen LogP contribution >= 0.6 is 23.2 Å². The first-order valence-corrected chi connectivity index (χ1v) is 5.73. The van der Waals surface area contributed by atoms with Crippen LogP contribution in [0.4, 0.5) is 0 Å². The van der Waals surface area contributed by atoms with Crippen LogP contribution in [-0.4, -0.2) is 11.2 Å². The van der Waals surface area contributed by atoms with Crippen LogP contribution in [0.1, 0.15) is 18.4 Å². The van der Waals surface area contributed by atoms with E-state index in [-0.39, 0.29) is 6.10 Å². The molecular formula is C12H12Cl2O. The smallest absolute Gasteiger partial charge is 0.0726 e. The van der Waals surface area contributed by atoms with Gasteiger partial charge in [0.2, 0.25) is 0 Å². The van der Waals surface area contributed by atoms with Gasteiger partial charge >= 0.3 is 0 Å². The Morgan fingerprint density at radius 2 is 1.93 bits per heavy atom. The third kappa shape index (κ3) is 2.54. The van der Waals surface area contributed by atoms with E-state index in [0.717, 1.165) is 24.8 Å². The minimum atomic E-state index is -0.290. The monoisotopic (exact) mass is 242 g/mol. The summed E-state index contributed by atoms with van der Waals surface area (Å²) in [7, 11) is 0. The zero-order valence-electron chi connectivity index (χ0n) is 8.21. The molecule has 1 aliphatic rings. The van der Waals surface area contributed by atoms with Crippen molar-refractivity contribution in [3.8, 4) is 0 Å². The van der Waals surface area contributed by atoms with E-state index < -0.39 is 0 Å². The fourth-order valence-electron chi connectivity index (χ4n) is 1.85. The number of hydrogen-bond acceptors (Lipinski definition) is 1. The van der Waals surface area contributed by atoms with Gasteiger partial charge in [-0.2, -0.15) is 0 Å². The summed E-state index contributed by atoms with van der Waals surface area (Å²) in [5.74, 6) is 0. The Morgan fingerprint density at radius 1 is 1.27 bits per heavy atom. The van der Waals surface area contributed by atoms with E-state index in [1.165, 1.54) is 5.57 Å². The van der Waals surface area contributed by atoms with E-state index in [4.69, 9.17) is 23.2 Å². The summed E-state index contributed by atoms with van der Waals surface area (Å²) >= 11 is 12.1. The van der Waals surface area contributed by atoms with Crippen molar-refractivity contribution < 1.29 is 5.11 Å². The Morgan fingerprint density at radius 3 is 2.47 bits per heavy atom. The van der Waals surface area contributed by atoms with Crippen LogP contribution in [0.3, 0.4) is 0 Å². The molecule has 1 unspecified atom stereocenters. The third-order valence-electron chi connectivity index (χ3n) is 2.65. The van der Waals surface area contributed by atoms with E-state index in [9.17, 15) is 5.11 Å². The molecule has 0 aromatic heterocycles. The van der Waals surface area contributed by atoms with Gasteiger partial charge in [-0.25, -0.2) is 0 Å². The average molecular weight is 243 g/mol. The standard InChI is InChI=1S/C12H12Cl2O/c13-11-2-1-3-12(14)10(11)7-8-4-5-9(15)6-8/h1-3,6,9,15H,4-5,7H2. The van der Waals surface area contributed by atoms with Crippen LogP contribution in [0.15, 0.2) is 29.8 Å². The Balaban J connectivity index is 2.21. The van der Waals surface area contributed by atoms with Crippen molar-refractivity contribution in [3.63, 3.8) is 0 Å². The number of aliphatic hydroxyl groups is 1. The molecular weight excluding hydrogens is 231 g/mol. The van der Waals surface area contributed by atoms with Gasteiger partial charge in [0.25, 0.3) is 0 Å². The van der Waals surface area contributed by atoms with Crippen molar-refractivity contribution in [3.05, 3.63) is 45.5 Å². The van der Waals surface area contributed by atoms with Crippen LogP contribution in [0.2, 0.25) is 10.0 Å². The zero-order chi connectivity index (χ0) is 10.8. The molecule has 1 atom stereocenters. The number of halogens is 2. The molecule has 2 rings (SSSR count). The van der Waals surface area contributed by atoms with Gasteiger partial charge in [0, 0.05) is 10.0 Å². The fraction of sp³-hybridized carbons (Fsp3) is 0.333. The van der Waals surface area contributed by atoms with E-state index >= 15 is 0 Å². The van der Waals surface area contributed by atoms with Gasteiger partial charge in [0.15, 0.2) is 0 Å². The predicted molar refractivity (Wildman–Crippen MR) is 63.5 cm³/mol. The third-order valence-corrected chi connectivity index (χ3v) is 3.36. The van der Waals surface area contributed by atoms with Gasteiger partial charge in [-0.3, -0.25) is 0 Å². The summed E-state index contributed by atoms with van der Waals surface area (Å²) in [4.78, 5) is 0. The zero-order valence-corrected chi connectivity index (χ0v) is 9.72. The molecule has 0 bridgehead atoms. The van der Waals surface area contributed by atoms with Crippen molar-refractivity contribution >= 4 is 23.2 Å². The highest BCUT2D eigenvalue weighted by atomic mass is 35.5. The maximum atomic E-state index is 9.37. The highest BCUT2D eigenvalue weighted by molar-refractivity contribution is 6.36. The molecule has 1 nitrogen and oxygen atoms in total. The van der Waals surface area contributed by atoms with Gasteiger partial charge in [-0.15, -0.1) is 0 Å². The molecule has 0 spiro atoms. The van der Waals surface area contributed by atoms with Crippen molar-refractivity contribution in [2.75, 3.05) is 0 Å². The van der Waals surface area contributed by atoms with Crippen LogP contribution in [0.25, 0.3) is 0 Å². The second-order valence-corrected chi connectivity index (χ2v) is 4.62. The second-order valence-electron chi connectivity index (χ2n) is 3.81. The van der Waals surface area contributed by atoms with Crippen LogP contribution < -0.4 is 0 Å². The number of benzene rings is 1. The van der Waals surface area contributed by atoms with Crippen LogP contribution in [0, 0.1) is 0 Å². The first kappa shape index (κ1) is 11.0. The summed E-state index contributed by atoms with van der Waals surface area (Å²) in [6, 6.07) is 5.52. The molecule has 1 aromatic rings. The first-order chi connectivity index (χ1) is 7.16. The van der Waals surface area contributed by atoms with E-state index in [1.807, 2.05) is 24.3 Å². The summed E-state index contributed by atoms with van der Waals surface area (Å²) in [6.07, 6.45) is 4.11. The van der Waals surface area contributed by atoms with E-state index in [1.54, 1.807) is 0 Å². The molecule has 0 saturated carbocycles.